The molecule has 108 valence electrons. The molecule has 0 amide bonds. The maximum atomic E-state index is 11.4. The fourth-order valence-electron chi connectivity index (χ4n) is 1.64. The Kier molecular flexibility index (Phi) is 4.88. The van der Waals surface area contributed by atoms with Crippen LogP contribution in [0.3, 0.4) is 0 Å². The summed E-state index contributed by atoms with van der Waals surface area (Å²) in [6, 6.07) is 9.15. The Labute approximate surface area is 135 Å². The number of Topliss-reactive ketones (excluding diaryl/α,β-unsaturated/α-hetero) is 1. The maximum Gasteiger partial charge on any atom is 0.283 e. The normalized spacial score (nSPS) is 10.4. The second kappa shape index (κ2) is 6.47. The van der Waals surface area contributed by atoms with Gasteiger partial charge in [0.25, 0.3) is 5.69 Å². The second-order valence-corrected chi connectivity index (χ2v) is 6.10. The Hall–Kier alpha value is -1.56. The molecule has 0 atom stereocenters. The SMILES string of the molecule is CC(=O)c1ccc([N+](=O)[O-])c(Sc2ccc(Cl)cc2Cl)c1. The van der Waals surface area contributed by atoms with E-state index < -0.39 is 4.92 Å². The van der Waals surface area contributed by atoms with Crippen molar-refractivity contribution in [3.63, 3.8) is 0 Å². The molecule has 0 spiro atoms. The fraction of sp³-hybridized carbons (Fsp3) is 0.0714. The van der Waals surface area contributed by atoms with Crippen LogP contribution in [0.1, 0.15) is 17.3 Å². The van der Waals surface area contributed by atoms with Gasteiger partial charge in [-0.25, -0.2) is 0 Å². The number of hydrogen-bond acceptors (Lipinski definition) is 4. The molecule has 2 aromatic rings. The summed E-state index contributed by atoms with van der Waals surface area (Å²) >= 11 is 13.0. The highest BCUT2D eigenvalue weighted by Crippen LogP contribution is 2.39. The molecule has 2 aromatic carbocycles. The van der Waals surface area contributed by atoms with Gasteiger partial charge in [-0.2, -0.15) is 0 Å². The lowest BCUT2D eigenvalue weighted by Crippen LogP contribution is -1.96. The third kappa shape index (κ3) is 3.75. The van der Waals surface area contributed by atoms with Gasteiger partial charge in [-0.05, 0) is 37.3 Å². The van der Waals surface area contributed by atoms with Crippen LogP contribution in [0.2, 0.25) is 10.0 Å². The minimum absolute atomic E-state index is 0.0731. The molecule has 0 unspecified atom stereocenters. The van der Waals surface area contributed by atoms with Crippen molar-refractivity contribution < 1.29 is 9.72 Å². The van der Waals surface area contributed by atoms with Crippen molar-refractivity contribution in [3.05, 3.63) is 62.1 Å². The lowest BCUT2D eigenvalue weighted by Gasteiger charge is -2.07. The highest BCUT2D eigenvalue weighted by atomic mass is 35.5. The zero-order valence-corrected chi connectivity index (χ0v) is 13.1. The van der Waals surface area contributed by atoms with E-state index in [0.29, 0.717) is 25.4 Å². The van der Waals surface area contributed by atoms with Crippen molar-refractivity contribution in [3.8, 4) is 0 Å². The van der Waals surface area contributed by atoms with Crippen molar-refractivity contribution in [1.29, 1.82) is 0 Å². The topological polar surface area (TPSA) is 60.2 Å². The summed E-state index contributed by atoms with van der Waals surface area (Å²) in [5, 5.41) is 12.0. The summed E-state index contributed by atoms with van der Waals surface area (Å²) in [6.45, 7) is 1.41. The average molecular weight is 342 g/mol. The Balaban J connectivity index is 2.48. The summed E-state index contributed by atoms with van der Waals surface area (Å²) in [6.07, 6.45) is 0. The van der Waals surface area contributed by atoms with Crippen LogP contribution in [0.15, 0.2) is 46.2 Å². The third-order valence-electron chi connectivity index (χ3n) is 2.68. The van der Waals surface area contributed by atoms with Crippen molar-refractivity contribution in [2.75, 3.05) is 0 Å². The summed E-state index contributed by atoms with van der Waals surface area (Å²) in [4.78, 5) is 23.0. The molecular formula is C14H9Cl2NO3S. The Bertz CT molecular complexity index is 734. The number of nitro benzene ring substituents is 1. The van der Waals surface area contributed by atoms with E-state index in [1.165, 1.54) is 25.1 Å². The molecule has 0 aliphatic rings. The van der Waals surface area contributed by atoms with Gasteiger partial charge in [-0.1, -0.05) is 35.0 Å². The number of benzene rings is 2. The van der Waals surface area contributed by atoms with E-state index in [9.17, 15) is 14.9 Å². The molecule has 0 bridgehead atoms. The lowest BCUT2D eigenvalue weighted by molar-refractivity contribution is -0.387. The largest absolute Gasteiger partial charge is 0.295 e. The molecule has 0 heterocycles. The van der Waals surface area contributed by atoms with Gasteiger partial charge in [-0.15, -0.1) is 0 Å². The zero-order chi connectivity index (χ0) is 15.6. The number of ketones is 1. The molecule has 0 radical (unpaired) electrons. The minimum Gasteiger partial charge on any atom is -0.295 e. The molecule has 0 saturated carbocycles. The van der Waals surface area contributed by atoms with Crippen LogP contribution in [0, 0.1) is 10.1 Å². The highest BCUT2D eigenvalue weighted by Gasteiger charge is 2.17. The van der Waals surface area contributed by atoms with Gasteiger partial charge in [0.1, 0.15) is 0 Å². The van der Waals surface area contributed by atoms with E-state index in [2.05, 4.69) is 0 Å². The summed E-state index contributed by atoms with van der Waals surface area (Å²) in [5.41, 5.74) is 0.337. The van der Waals surface area contributed by atoms with E-state index >= 15 is 0 Å². The molecule has 0 N–H and O–H groups in total. The van der Waals surface area contributed by atoms with Gasteiger partial charge in [0.05, 0.1) is 14.8 Å². The molecule has 7 heteroatoms. The van der Waals surface area contributed by atoms with Crippen LogP contribution >= 0.6 is 35.0 Å². The minimum atomic E-state index is -0.490. The predicted octanol–water partition coefficient (Wildman–Crippen LogP) is 5.26. The quantitative estimate of drug-likeness (QED) is 0.432. The first kappa shape index (κ1) is 15.8. The van der Waals surface area contributed by atoms with Gasteiger partial charge in [0.15, 0.2) is 5.78 Å². The molecule has 21 heavy (non-hydrogen) atoms. The molecule has 0 saturated heterocycles. The first-order chi connectivity index (χ1) is 9.88. The van der Waals surface area contributed by atoms with E-state index in [1.54, 1.807) is 18.2 Å². The molecule has 0 aromatic heterocycles. The maximum absolute atomic E-state index is 11.4. The number of hydrogen-bond donors (Lipinski definition) is 0. The van der Waals surface area contributed by atoms with Crippen LogP contribution < -0.4 is 0 Å². The summed E-state index contributed by atoms with van der Waals surface area (Å²) < 4.78 is 0. The number of carbonyl (C=O) groups is 1. The lowest BCUT2D eigenvalue weighted by atomic mass is 10.1. The summed E-state index contributed by atoms with van der Waals surface area (Å²) in [7, 11) is 0. The smallest absolute Gasteiger partial charge is 0.283 e. The van der Waals surface area contributed by atoms with Crippen molar-refractivity contribution in [1.82, 2.24) is 0 Å². The average Bonchev–Trinajstić information content (AvgIpc) is 2.41. The van der Waals surface area contributed by atoms with Crippen molar-refractivity contribution in [2.24, 2.45) is 0 Å². The van der Waals surface area contributed by atoms with E-state index in [1.807, 2.05) is 0 Å². The molecule has 0 fully saturated rings. The molecule has 2 rings (SSSR count). The van der Waals surface area contributed by atoms with Gasteiger partial charge in [-0.3, -0.25) is 14.9 Å². The monoisotopic (exact) mass is 341 g/mol. The van der Waals surface area contributed by atoms with Gasteiger partial charge in [0, 0.05) is 21.5 Å². The molecule has 0 aliphatic carbocycles. The van der Waals surface area contributed by atoms with Crippen molar-refractivity contribution in [2.45, 2.75) is 16.7 Å². The fourth-order valence-corrected chi connectivity index (χ4v) is 3.13. The van der Waals surface area contributed by atoms with Gasteiger partial charge >= 0.3 is 0 Å². The Morgan fingerprint density at radius 3 is 2.43 bits per heavy atom. The van der Waals surface area contributed by atoms with Crippen LogP contribution in [-0.4, -0.2) is 10.7 Å². The first-order valence-corrected chi connectivity index (χ1v) is 7.38. The van der Waals surface area contributed by atoms with E-state index in [-0.39, 0.29) is 11.5 Å². The molecular weight excluding hydrogens is 333 g/mol. The number of nitro groups is 1. The van der Waals surface area contributed by atoms with Crippen molar-refractivity contribution >= 4 is 46.4 Å². The number of carbonyl (C=O) groups excluding carboxylic acids is 1. The van der Waals surface area contributed by atoms with Gasteiger partial charge in [0.2, 0.25) is 0 Å². The van der Waals surface area contributed by atoms with Crippen LogP contribution in [0.25, 0.3) is 0 Å². The number of nitrogens with zero attached hydrogens (tertiary/aromatic N) is 1. The highest BCUT2D eigenvalue weighted by molar-refractivity contribution is 7.99. The third-order valence-corrected chi connectivity index (χ3v) is 4.46. The van der Waals surface area contributed by atoms with Crippen LogP contribution in [-0.2, 0) is 0 Å². The van der Waals surface area contributed by atoms with Crippen LogP contribution in [0.4, 0.5) is 5.69 Å². The first-order valence-electron chi connectivity index (χ1n) is 5.81. The number of halogens is 2. The van der Waals surface area contributed by atoms with Crippen LogP contribution in [0.5, 0.6) is 0 Å². The zero-order valence-electron chi connectivity index (χ0n) is 10.8. The summed E-state index contributed by atoms with van der Waals surface area (Å²) in [5.74, 6) is -0.158. The van der Waals surface area contributed by atoms with Gasteiger partial charge < -0.3 is 0 Å². The second-order valence-electron chi connectivity index (χ2n) is 4.17. The Morgan fingerprint density at radius 1 is 1.14 bits per heavy atom. The Morgan fingerprint density at radius 2 is 1.86 bits per heavy atom. The van der Waals surface area contributed by atoms with E-state index in [4.69, 9.17) is 23.2 Å². The molecule has 4 nitrogen and oxygen atoms in total. The standard InChI is InChI=1S/C14H9Cl2NO3S/c1-8(18)9-2-4-12(17(19)20)14(6-9)21-13-5-3-10(15)7-11(13)16/h2-7H,1H3. The number of rotatable bonds is 4. The molecule has 0 aliphatic heterocycles. The predicted molar refractivity (Wildman–Crippen MR) is 83.7 cm³/mol. The van der Waals surface area contributed by atoms with E-state index in [0.717, 1.165) is 11.8 Å².